The van der Waals surface area contributed by atoms with Crippen molar-refractivity contribution < 1.29 is 5.11 Å². The summed E-state index contributed by atoms with van der Waals surface area (Å²) in [6, 6.07) is 7.95. The largest absolute Gasteiger partial charge is 0.388 e. The Kier molecular flexibility index (Phi) is 5.82. The standard InChI is InChI=1S/C15H23BrN2O/c1-17-8-2-9-18(12-11-17)10-7-15(19)13-3-5-14(16)6-4-13/h3-6,15,19H,2,7-12H2,1H3. The Morgan fingerprint density at radius 3 is 2.63 bits per heavy atom. The molecular weight excluding hydrogens is 304 g/mol. The molecule has 0 aromatic heterocycles. The number of aliphatic hydroxyl groups is 1. The molecule has 1 aromatic rings. The third-order valence-corrected chi connectivity index (χ3v) is 4.31. The number of benzene rings is 1. The summed E-state index contributed by atoms with van der Waals surface area (Å²) in [5.41, 5.74) is 1.01. The third kappa shape index (κ3) is 4.88. The first kappa shape index (κ1) is 15.0. The first-order valence-corrected chi connectivity index (χ1v) is 7.79. The van der Waals surface area contributed by atoms with Gasteiger partial charge >= 0.3 is 0 Å². The minimum Gasteiger partial charge on any atom is -0.388 e. The van der Waals surface area contributed by atoms with Crippen LogP contribution in [0.1, 0.15) is 24.5 Å². The summed E-state index contributed by atoms with van der Waals surface area (Å²) in [6.45, 7) is 5.56. The number of aliphatic hydroxyl groups excluding tert-OH is 1. The van der Waals surface area contributed by atoms with Gasteiger partial charge in [-0.05, 0) is 50.7 Å². The van der Waals surface area contributed by atoms with Gasteiger partial charge in [-0.2, -0.15) is 0 Å². The van der Waals surface area contributed by atoms with Crippen molar-refractivity contribution in [1.82, 2.24) is 9.80 Å². The predicted molar refractivity (Wildman–Crippen MR) is 82.3 cm³/mol. The molecule has 1 aliphatic heterocycles. The smallest absolute Gasteiger partial charge is 0.0802 e. The van der Waals surface area contributed by atoms with Gasteiger partial charge < -0.3 is 14.9 Å². The fourth-order valence-corrected chi connectivity index (χ4v) is 2.74. The lowest BCUT2D eigenvalue weighted by Gasteiger charge is -2.21. The molecule has 0 bridgehead atoms. The Morgan fingerprint density at radius 1 is 1.16 bits per heavy atom. The second-order valence-corrected chi connectivity index (χ2v) is 6.27. The van der Waals surface area contributed by atoms with Crippen LogP contribution in [0.15, 0.2) is 28.7 Å². The van der Waals surface area contributed by atoms with E-state index >= 15 is 0 Å². The van der Waals surface area contributed by atoms with E-state index in [1.54, 1.807) is 0 Å². The maximum absolute atomic E-state index is 10.2. The highest BCUT2D eigenvalue weighted by molar-refractivity contribution is 9.10. The van der Waals surface area contributed by atoms with Crippen molar-refractivity contribution >= 4 is 15.9 Å². The molecule has 0 radical (unpaired) electrons. The zero-order valence-electron chi connectivity index (χ0n) is 11.6. The molecule has 0 saturated carbocycles. The van der Waals surface area contributed by atoms with Gasteiger partial charge in [-0.15, -0.1) is 0 Å². The molecule has 1 saturated heterocycles. The topological polar surface area (TPSA) is 26.7 Å². The van der Waals surface area contributed by atoms with Gasteiger partial charge in [-0.3, -0.25) is 0 Å². The van der Waals surface area contributed by atoms with Crippen LogP contribution in [0.2, 0.25) is 0 Å². The van der Waals surface area contributed by atoms with Gasteiger partial charge in [0.1, 0.15) is 0 Å². The highest BCUT2D eigenvalue weighted by Crippen LogP contribution is 2.20. The summed E-state index contributed by atoms with van der Waals surface area (Å²) < 4.78 is 1.05. The lowest BCUT2D eigenvalue weighted by atomic mass is 10.1. The van der Waals surface area contributed by atoms with Crippen molar-refractivity contribution in [3.05, 3.63) is 34.3 Å². The van der Waals surface area contributed by atoms with Crippen molar-refractivity contribution in [2.45, 2.75) is 18.9 Å². The van der Waals surface area contributed by atoms with Crippen LogP contribution in [0.4, 0.5) is 0 Å². The average Bonchev–Trinajstić information content (AvgIpc) is 2.61. The van der Waals surface area contributed by atoms with E-state index in [1.165, 1.54) is 13.0 Å². The number of likely N-dealkylation sites (N-methyl/N-ethyl adjacent to an activating group) is 1. The lowest BCUT2D eigenvalue weighted by molar-refractivity contribution is 0.143. The molecule has 1 aromatic carbocycles. The lowest BCUT2D eigenvalue weighted by Crippen LogP contribution is -2.30. The number of hydrogen-bond donors (Lipinski definition) is 1. The van der Waals surface area contributed by atoms with Gasteiger partial charge in [0.25, 0.3) is 0 Å². The van der Waals surface area contributed by atoms with E-state index in [4.69, 9.17) is 0 Å². The molecule has 1 aliphatic rings. The van der Waals surface area contributed by atoms with Gasteiger partial charge in [-0.1, -0.05) is 28.1 Å². The van der Waals surface area contributed by atoms with Gasteiger partial charge in [0.2, 0.25) is 0 Å². The minimum absolute atomic E-state index is 0.353. The Hall–Kier alpha value is -0.420. The fourth-order valence-electron chi connectivity index (χ4n) is 2.48. The molecule has 0 aliphatic carbocycles. The van der Waals surface area contributed by atoms with Gasteiger partial charge in [0, 0.05) is 24.1 Å². The normalized spacial score (nSPS) is 20.2. The second kappa shape index (κ2) is 7.39. The van der Waals surface area contributed by atoms with Crippen LogP contribution in [0.25, 0.3) is 0 Å². The van der Waals surface area contributed by atoms with Crippen LogP contribution >= 0.6 is 15.9 Å². The molecule has 1 unspecified atom stereocenters. The van der Waals surface area contributed by atoms with Gasteiger partial charge in [-0.25, -0.2) is 0 Å². The zero-order valence-corrected chi connectivity index (χ0v) is 13.1. The van der Waals surface area contributed by atoms with Gasteiger partial charge in [0.05, 0.1) is 6.10 Å². The van der Waals surface area contributed by atoms with Crippen LogP contribution in [0.3, 0.4) is 0 Å². The molecule has 4 heteroatoms. The quantitative estimate of drug-likeness (QED) is 0.921. The Labute approximate surface area is 124 Å². The Morgan fingerprint density at radius 2 is 1.89 bits per heavy atom. The summed E-state index contributed by atoms with van der Waals surface area (Å²) >= 11 is 3.42. The van der Waals surface area contributed by atoms with Crippen LogP contribution in [-0.2, 0) is 0 Å². The van der Waals surface area contributed by atoms with E-state index in [0.29, 0.717) is 0 Å². The summed E-state index contributed by atoms with van der Waals surface area (Å²) in [7, 11) is 2.18. The minimum atomic E-state index is -0.353. The molecule has 1 fully saturated rings. The number of rotatable bonds is 4. The van der Waals surface area contributed by atoms with Crippen LogP contribution < -0.4 is 0 Å². The number of hydrogen-bond acceptors (Lipinski definition) is 3. The molecule has 2 rings (SSSR count). The summed E-state index contributed by atoms with van der Waals surface area (Å²) in [5.74, 6) is 0. The molecule has 3 nitrogen and oxygen atoms in total. The third-order valence-electron chi connectivity index (χ3n) is 3.79. The van der Waals surface area contributed by atoms with Crippen LogP contribution in [0.5, 0.6) is 0 Å². The van der Waals surface area contributed by atoms with E-state index in [-0.39, 0.29) is 6.10 Å². The van der Waals surface area contributed by atoms with Gasteiger partial charge in [0.15, 0.2) is 0 Å². The first-order valence-electron chi connectivity index (χ1n) is 6.99. The van der Waals surface area contributed by atoms with E-state index in [0.717, 1.165) is 42.6 Å². The molecular formula is C15H23BrN2O. The molecule has 106 valence electrons. The zero-order chi connectivity index (χ0) is 13.7. The summed E-state index contributed by atoms with van der Waals surface area (Å²) in [6.07, 6.45) is 1.69. The summed E-state index contributed by atoms with van der Waals surface area (Å²) in [5, 5.41) is 10.2. The van der Waals surface area contributed by atoms with Crippen molar-refractivity contribution in [3.63, 3.8) is 0 Å². The van der Waals surface area contributed by atoms with Crippen molar-refractivity contribution in [1.29, 1.82) is 0 Å². The highest BCUT2D eigenvalue weighted by atomic mass is 79.9. The highest BCUT2D eigenvalue weighted by Gasteiger charge is 2.14. The molecule has 19 heavy (non-hydrogen) atoms. The second-order valence-electron chi connectivity index (χ2n) is 5.35. The maximum Gasteiger partial charge on any atom is 0.0802 e. The molecule has 0 amide bonds. The monoisotopic (exact) mass is 326 g/mol. The van der Waals surface area contributed by atoms with Crippen molar-refractivity contribution in [2.75, 3.05) is 39.8 Å². The predicted octanol–water partition coefficient (Wildman–Crippen LogP) is 2.51. The Balaban J connectivity index is 1.79. The number of nitrogens with zero attached hydrogens (tertiary/aromatic N) is 2. The Bertz CT molecular complexity index is 382. The van der Waals surface area contributed by atoms with E-state index in [1.807, 2.05) is 24.3 Å². The van der Waals surface area contributed by atoms with Crippen LogP contribution in [-0.4, -0.2) is 54.7 Å². The van der Waals surface area contributed by atoms with E-state index in [2.05, 4.69) is 32.8 Å². The molecule has 1 N–H and O–H groups in total. The van der Waals surface area contributed by atoms with E-state index in [9.17, 15) is 5.11 Å². The fraction of sp³-hybridized carbons (Fsp3) is 0.600. The van der Waals surface area contributed by atoms with Crippen molar-refractivity contribution in [2.24, 2.45) is 0 Å². The first-order chi connectivity index (χ1) is 9.15. The SMILES string of the molecule is CN1CCCN(CCC(O)c2ccc(Br)cc2)CC1. The average molecular weight is 327 g/mol. The van der Waals surface area contributed by atoms with E-state index < -0.39 is 0 Å². The number of halogens is 1. The van der Waals surface area contributed by atoms with Crippen molar-refractivity contribution in [3.8, 4) is 0 Å². The van der Waals surface area contributed by atoms with Crippen LogP contribution in [0, 0.1) is 0 Å². The molecule has 0 spiro atoms. The molecule has 1 heterocycles. The summed E-state index contributed by atoms with van der Waals surface area (Å²) in [4.78, 5) is 4.84. The maximum atomic E-state index is 10.2. The molecule has 1 atom stereocenters.